The van der Waals surface area contributed by atoms with Crippen molar-refractivity contribution in [1.82, 2.24) is 0 Å². The fourth-order valence-electron chi connectivity index (χ4n) is 1.35. The summed E-state index contributed by atoms with van der Waals surface area (Å²) in [6.45, 7) is 0. The van der Waals surface area contributed by atoms with E-state index in [2.05, 4.69) is 6.07 Å². The van der Waals surface area contributed by atoms with Crippen LogP contribution in [0.3, 0.4) is 0 Å². The lowest BCUT2D eigenvalue weighted by Gasteiger charge is -2.24. The predicted octanol–water partition coefficient (Wildman–Crippen LogP) is 0.643. The molecule has 0 aliphatic rings. The molecule has 0 amide bonds. The van der Waals surface area contributed by atoms with Crippen LogP contribution in [0.4, 0.5) is 0 Å². The van der Waals surface area contributed by atoms with Crippen LogP contribution in [-0.4, -0.2) is 30.1 Å². The number of hydrogen-bond acceptors (Lipinski definition) is 4. The molecular formula is C10H13NO3Si. The van der Waals surface area contributed by atoms with Gasteiger partial charge in [0.2, 0.25) is 0 Å². The van der Waals surface area contributed by atoms with Crippen LogP contribution < -0.4 is 5.19 Å². The van der Waals surface area contributed by atoms with Crippen LogP contribution in [-0.2, 0) is 13.3 Å². The third kappa shape index (κ3) is 2.25. The van der Waals surface area contributed by atoms with Gasteiger partial charge in [-0.3, -0.25) is 0 Å². The third-order valence-electron chi connectivity index (χ3n) is 2.17. The van der Waals surface area contributed by atoms with E-state index in [1.54, 1.807) is 45.6 Å². The van der Waals surface area contributed by atoms with Crippen molar-refractivity contribution in [2.24, 2.45) is 0 Å². The number of rotatable bonds is 4. The number of nitriles is 1. The lowest BCUT2D eigenvalue weighted by atomic mass is 10.2. The molecule has 80 valence electrons. The maximum Gasteiger partial charge on any atom is 0.536 e. The molecule has 5 heteroatoms. The Hall–Kier alpha value is -1.19. The molecule has 0 saturated carbocycles. The first-order valence-corrected chi connectivity index (χ1v) is 6.11. The summed E-state index contributed by atoms with van der Waals surface area (Å²) in [6, 6.07) is 9.07. The molecule has 0 spiro atoms. The molecule has 0 fully saturated rings. The molecule has 0 bridgehead atoms. The van der Waals surface area contributed by atoms with Gasteiger partial charge >= 0.3 is 8.80 Å². The van der Waals surface area contributed by atoms with Crippen LogP contribution in [0.25, 0.3) is 0 Å². The molecule has 0 saturated heterocycles. The first-order valence-electron chi connectivity index (χ1n) is 4.38. The molecule has 1 aromatic carbocycles. The molecule has 1 rings (SSSR count). The lowest BCUT2D eigenvalue weighted by Crippen LogP contribution is -2.54. The summed E-state index contributed by atoms with van der Waals surface area (Å²) in [7, 11) is 1.92. The molecule has 0 heterocycles. The standard InChI is InChI=1S/C10H13NO3Si/c1-12-15(13-2,14-3)10-6-4-9(8-11)5-7-10/h4-7H,1-3H3. The molecule has 0 N–H and O–H groups in total. The monoisotopic (exact) mass is 223 g/mol. The Morgan fingerprint density at radius 1 is 1.00 bits per heavy atom. The van der Waals surface area contributed by atoms with Gasteiger partial charge in [-0.05, 0) is 12.1 Å². The summed E-state index contributed by atoms with van der Waals surface area (Å²) in [5.74, 6) is 0. The molecule has 0 unspecified atom stereocenters. The van der Waals surface area contributed by atoms with Crippen molar-refractivity contribution in [2.45, 2.75) is 0 Å². The van der Waals surface area contributed by atoms with Crippen molar-refractivity contribution in [3.63, 3.8) is 0 Å². The van der Waals surface area contributed by atoms with Gasteiger partial charge in [-0.15, -0.1) is 0 Å². The Labute approximate surface area is 90.4 Å². The van der Waals surface area contributed by atoms with E-state index < -0.39 is 8.80 Å². The van der Waals surface area contributed by atoms with Crippen molar-refractivity contribution in [2.75, 3.05) is 21.3 Å². The molecule has 0 aliphatic carbocycles. The van der Waals surface area contributed by atoms with E-state index in [1.165, 1.54) is 0 Å². The summed E-state index contributed by atoms with van der Waals surface area (Å²) >= 11 is 0. The number of benzene rings is 1. The Kier molecular flexibility index (Phi) is 4.00. The van der Waals surface area contributed by atoms with Gasteiger partial charge in [0, 0.05) is 26.5 Å². The molecule has 15 heavy (non-hydrogen) atoms. The zero-order valence-corrected chi connectivity index (χ0v) is 9.98. The second-order valence-corrected chi connectivity index (χ2v) is 5.77. The van der Waals surface area contributed by atoms with Crippen molar-refractivity contribution in [3.8, 4) is 6.07 Å². The van der Waals surface area contributed by atoms with Crippen LogP contribution in [0.5, 0.6) is 0 Å². The number of nitrogens with zero attached hydrogens (tertiary/aromatic N) is 1. The fraction of sp³-hybridized carbons (Fsp3) is 0.300. The number of hydrogen-bond donors (Lipinski definition) is 0. The van der Waals surface area contributed by atoms with Gasteiger partial charge in [0.1, 0.15) is 0 Å². The van der Waals surface area contributed by atoms with Gasteiger partial charge in [-0.2, -0.15) is 5.26 Å². The van der Waals surface area contributed by atoms with Gasteiger partial charge < -0.3 is 13.3 Å². The van der Waals surface area contributed by atoms with E-state index in [1.807, 2.05) is 0 Å². The van der Waals surface area contributed by atoms with Gasteiger partial charge in [0.25, 0.3) is 0 Å². The zero-order chi connectivity index (χ0) is 11.3. The van der Waals surface area contributed by atoms with Crippen molar-refractivity contribution >= 4 is 14.0 Å². The van der Waals surface area contributed by atoms with E-state index in [4.69, 9.17) is 18.5 Å². The van der Waals surface area contributed by atoms with Crippen LogP contribution in [0.15, 0.2) is 24.3 Å². The molecular weight excluding hydrogens is 210 g/mol. The van der Waals surface area contributed by atoms with Gasteiger partial charge in [-0.25, -0.2) is 0 Å². The van der Waals surface area contributed by atoms with E-state index in [9.17, 15) is 0 Å². The minimum Gasteiger partial charge on any atom is -0.373 e. The summed E-state index contributed by atoms with van der Waals surface area (Å²) in [5.41, 5.74) is 0.602. The van der Waals surface area contributed by atoms with Crippen molar-refractivity contribution < 1.29 is 13.3 Å². The van der Waals surface area contributed by atoms with Crippen molar-refractivity contribution in [1.29, 1.82) is 5.26 Å². The smallest absolute Gasteiger partial charge is 0.373 e. The highest BCUT2D eigenvalue weighted by molar-refractivity contribution is 6.75. The first-order chi connectivity index (χ1) is 7.22. The topological polar surface area (TPSA) is 51.5 Å². The largest absolute Gasteiger partial charge is 0.536 e. The SMILES string of the molecule is CO[Si](OC)(OC)c1ccc(C#N)cc1. The second-order valence-electron chi connectivity index (χ2n) is 2.86. The van der Waals surface area contributed by atoms with Gasteiger partial charge in [-0.1, -0.05) is 12.1 Å². The Bertz CT molecular complexity index is 346. The van der Waals surface area contributed by atoms with E-state index in [0.29, 0.717) is 5.56 Å². The Morgan fingerprint density at radius 3 is 1.80 bits per heavy atom. The molecule has 1 aromatic rings. The van der Waals surface area contributed by atoms with Crippen LogP contribution >= 0.6 is 0 Å². The van der Waals surface area contributed by atoms with E-state index >= 15 is 0 Å². The maximum atomic E-state index is 8.67. The minimum absolute atomic E-state index is 0.602. The summed E-state index contributed by atoms with van der Waals surface area (Å²) < 4.78 is 15.9. The Balaban J connectivity index is 3.08. The quantitative estimate of drug-likeness (QED) is 0.703. The van der Waals surface area contributed by atoms with Crippen LogP contribution in [0, 0.1) is 11.3 Å². The van der Waals surface area contributed by atoms with E-state index in [0.717, 1.165) is 5.19 Å². The average Bonchev–Trinajstić information content (AvgIpc) is 2.33. The highest BCUT2D eigenvalue weighted by Crippen LogP contribution is 2.07. The van der Waals surface area contributed by atoms with Gasteiger partial charge in [0.05, 0.1) is 11.6 Å². The van der Waals surface area contributed by atoms with Crippen LogP contribution in [0.1, 0.15) is 5.56 Å². The van der Waals surface area contributed by atoms with Crippen LogP contribution in [0.2, 0.25) is 0 Å². The fourth-order valence-corrected chi connectivity index (χ4v) is 3.13. The average molecular weight is 223 g/mol. The lowest BCUT2D eigenvalue weighted by molar-refractivity contribution is 0.140. The highest BCUT2D eigenvalue weighted by atomic mass is 28.4. The summed E-state index contributed by atoms with van der Waals surface area (Å²) in [5, 5.41) is 9.51. The zero-order valence-electron chi connectivity index (χ0n) is 8.98. The van der Waals surface area contributed by atoms with Gasteiger partial charge in [0.15, 0.2) is 0 Å². The normalized spacial score (nSPS) is 11.1. The third-order valence-corrected chi connectivity index (χ3v) is 4.83. The Morgan fingerprint density at radius 2 is 1.47 bits per heavy atom. The maximum absolute atomic E-state index is 8.67. The van der Waals surface area contributed by atoms with E-state index in [-0.39, 0.29) is 0 Å². The first kappa shape index (κ1) is 11.9. The molecule has 0 aromatic heterocycles. The molecule has 0 atom stereocenters. The minimum atomic E-state index is -2.74. The van der Waals surface area contributed by atoms with Crippen molar-refractivity contribution in [3.05, 3.63) is 29.8 Å². The summed E-state index contributed by atoms with van der Waals surface area (Å²) in [6.07, 6.45) is 0. The molecule has 4 nitrogen and oxygen atoms in total. The highest BCUT2D eigenvalue weighted by Gasteiger charge is 2.40. The second kappa shape index (κ2) is 5.05. The molecule has 0 aliphatic heterocycles. The summed E-state index contributed by atoms with van der Waals surface area (Å²) in [4.78, 5) is 0. The predicted molar refractivity (Wildman–Crippen MR) is 57.6 cm³/mol. The molecule has 0 radical (unpaired) electrons.